The van der Waals surface area contributed by atoms with Gasteiger partial charge in [-0.2, -0.15) is 0 Å². The van der Waals surface area contributed by atoms with Crippen LogP contribution in [0.3, 0.4) is 0 Å². The van der Waals surface area contributed by atoms with Crippen LogP contribution in [0.25, 0.3) is 0 Å². The van der Waals surface area contributed by atoms with Crippen molar-refractivity contribution in [3.05, 3.63) is 81.9 Å². The van der Waals surface area contributed by atoms with Crippen LogP contribution in [0.2, 0.25) is 0 Å². The molecule has 2 aromatic carbocycles. The van der Waals surface area contributed by atoms with Gasteiger partial charge in [0, 0.05) is 0 Å². The molecule has 0 unspecified atom stereocenters. The van der Waals surface area contributed by atoms with Crippen molar-refractivity contribution in [1.82, 2.24) is 0 Å². The summed E-state index contributed by atoms with van der Waals surface area (Å²) in [6, 6.07) is 16.0. The van der Waals surface area contributed by atoms with E-state index in [1.807, 2.05) is 36.4 Å². The minimum atomic E-state index is -0.857. The topological polar surface area (TPSA) is 52.6 Å². The van der Waals surface area contributed by atoms with Gasteiger partial charge in [0.2, 0.25) is 0 Å². The van der Waals surface area contributed by atoms with Gasteiger partial charge in [-0.15, -0.1) is 0 Å². The Hall–Kier alpha value is -2.88. The van der Waals surface area contributed by atoms with E-state index < -0.39 is 17.4 Å². The number of hydrogen-bond acceptors (Lipinski definition) is 4. The summed E-state index contributed by atoms with van der Waals surface area (Å²) in [5.41, 5.74) is 4.15. The maximum Gasteiger partial charge on any atom is 0.335 e. The quantitative estimate of drug-likeness (QED) is 0.793. The first-order chi connectivity index (χ1) is 12.2. The Labute approximate surface area is 146 Å². The number of carbonyl (C=O) groups is 2. The van der Waals surface area contributed by atoms with Gasteiger partial charge in [0.05, 0.1) is 30.8 Å². The van der Waals surface area contributed by atoms with Gasteiger partial charge in [-0.25, -0.2) is 9.59 Å². The van der Waals surface area contributed by atoms with Crippen molar-refractivity contribution in [3.63, 3.8) is 0 Å². The summed E-state index contributed by atoms with van der Waals surface area (Å²) in [5.74, 6) is -0.959. The fourth-order valence-corrected chi connectivity index (χ4v) is 4.16. The first-order valence-electron chi connectivity index (χ1n) is 8.24. The molecule has 126 valence electrons. The fraction of sp³-hybridized carbons (Fsp3) is 0.238. The number of hydrogen-bond donors (Lipinski definition) is 0. The molecule has 2 aromatic rings. The van der Waals surface area contributed by atoms with Crippen LogP contribution in [0.1, 0.15) is 22.3 Å². The second-order valence-electron chi connectivity index (χ2n) is 6.30. The molecule has 1 spiro atoms. The van der Waals surface area contributed by atoms with Crippen LogP contribution in [0.15, 0.2) is 59.7 Å². The Morgan fingerprint density at radius 2 is 1.16 bits per heavy atom. The number of fused-ring (bicyclic) bond motifs is 4. The lowest BCUT2D eigenvalue weighted by Gasteiger charge is -2.23. The molecule has 0 amide bonds. The van der Waals surface area contributed by atoms with Gasteiger partial charge in [-0.05, 0) is 35.1 Å². The highest BCUT2D eigenvalue weighted by atomic mass is 16.5. The van der Waals surface area contributed by atoms with Crippen molar-refractivity contribution in [2.24, 2.45) is 0 Å². The zero-order valence-electron chi connectivity index (χ0n) is 14.2. The smallest absolute Gasteiger partial charge is 0.335 e. The predicted molar refractivity (Wildman–Crippen MR) is 92.1 cm³/mol. The van der Waals surface area contributed by atoms with Crippen molar-refractivity contribution in [2.45, 2.75) is 18.3 Å². The molecule has 0 heterocycles. The molecule has 0 saturated carbocycles. The molecule has 0 radical (unpaired) electrons. The highest BCUT2D eigenvalue weighted by Gasteiger charge is 2.64. The molecule has 4 nitrogen and oxygen atoms in total. The summed E-state index contributed by atoms with van der Waals surface area (Å²) in [6.07, 6.45) is 1.72. The first kappa shape index (κ1) is 15.6. The monoisotopic (exact) mass is 334 g/mol. The molecule has 0 aliphatic heterocycles. The molecule has 0 atom stereocenters. The third kappa shape index (κ3) is 2.00. The van der Waals surface area contributed by atoms with Crippen LogP contribution < -0.4 is 0 Å². The average molecular weight is 334 g/mol. The standard InChI is InChI=1S/C21H18O4/c1-24-19(22)17-18(20(23)25-2)21(17)15-9-5-3-7-13(15)11-12-14-8-4-6-10-16(14)21/h3-10H,11-12H2,1-2H3. The molecule has 2 aliphatic carbocycles. The van der Waals surface area contributed by atoms with Crippen LogP contribution in [-0.2, 0) is 37.3 Å². The molecule has 0 fully saturated rings. The number of methoxy groups -OCH3 is 2. The molecular weight excluding hydrogens is 316 g/mol. The predicted octanol–water partition coefficient (Wildman–Crippen LogP) is 2.73. The highest BCUT2D eigenvalue weighted by molar-refractivity contribution is 6.16. The minimum absolute atomic E-state index is 0.392. The molecule has 0 saturated heterocycles. The number of benzene rings is 2. The molecule has 0 N–H and O–H groups in total. The van der Waals surface area contributed by atoms with Gasteiger partial charge in [-0.3, -0.25) is 0 Å². The Morgan fingerprint density at radius 1 is 0.760 bits per heavy atom. The third-order valence-electron chi connectivity index (χ3n) is 5.22. The van der Waals surface area contributed by atoms with Crippen LogP contribution in [-0.4, -0.2) is 26.2 Å². The van der Waals surface area contributed by atoms with Crippen molar-refractivity contribution in [3.8, 4) is 0 Å². The lowest BCUT2D eigenvalue weighted by atomic mass is 9.78. The number of aryl methyl sites for hydroxylation is 2. The normalized spacial score (nSPS) is 16.6. The van der Waals surface area contributed by atoms with Gasteiger partial charge >= 0.3 is 11.9 Å². The first-order valence-corrected chi connectivity index (χ1v) is 8.24. The van der Waals surface area contributed by atoms with Crippen LogP contribution >= 0.6 is 0 Å². The summed E-state index contributed by atoms with van der Waals surface area (Å²) in [7, 11) is 2.68. The van der Waals surface area contributed by atoms with E-state index in [0.29, 0.717) is 11.1 Å². The summed E-state index contributed by atoms with van der Waals surface area (Å²) < 4.78 is 9.99. The van der Waals surface area contributed by atoms with Gasteiger partial charge in [-0.1, -0.05) is 48.5 Å². The zero-order chi connectivity index (χ0) is 17.6. The van der Waals surface area contributed by atoms with Crippen molar-refractivity contribution in [2.75, 3.05) is 14.2 Å². The van der Waals surface area contributed by atoms with Gasteiger partial charge in [0.1, 0.15) is 0 Å². The van der Waals surface area contributed by atoms with E-state index in [1.165, 1.54) is 14.2 Å². The summed E-state index contributed by atoms with van der Waals surface area (Å²) in [6.45, 7) is 0. The van der Waals surface area contributed by atoms with Gasteiger partial charge in [0.25, 0.3) is 0 Å². The minimum Gasteiger partial charge on any atom is -0.466 e. The van der Waals surface area contributed by atoms with Crippen molar-refractivity contribution in [1.29, 1.82) is 0 Å². The summed E-state index contributed by atoms with van der Waals surface area (Å²) >= 11 is 0. The van der Waals surface area contributed by atoms with Crippen LogP contribution in [0.4, 0.5) is 0 Å². The Morgan fingerprint density at radius 3 is 1.56 bits per heavy atom. The lowest BCUT2D eigenvalue weighted by Crippen LogP contribution is -2.23. The fourth-order valence-electron chi connectivity index (χ4n) is 4.16. The van der Waals surface area contributed by atoms with Gasteiger partial charge < -0.3 is 9.47 Å². The summed E-state index contributed by atoms with van der Waals surface area (Å²) in [5, 5.41) is 0. The number of carbonyl (C=O) groups excluding carboxylic acids is 2. The molecule has 0 aromatic heterocycles. The number of rotatable bonds is 2. The maximum absolute atomic E-state index is 12.5. The molecule has 0 bridgehead atoms. The molecule has 25 heavy (non-hydrogen) atoms. The maximum atomic E-state index is 12.5. The van der Waals surface area contributed by atoms with Crippen molar-refractivity contribution >= 4 is 11.9 Å². The Bertz CT molecular complexity index is 847. The van der Waals surface area contributed by atoms with E-state index in [0.717, 1.165) is 35.1 Å². The average Bonchev–Trinajstić information content (AvgIpc) is 3.38. The van der Waals surface area contributed by atoms with E-state index in [1.54, 1.807) is 0 Å². The van der Waals surface area contributed by atoms with Crippen LogP contribution in [0, 0.1) is 0 Å². The van der Waals surface area contributed by atoms with E-state index in [4.69, 9.17) is 9.47 Å². The zero-order valence-corrected chi connectivity index (χ0v) is 14.2. The van der Waals surface area contributed by atoms with E-state index in [-0.39, 0.29) is 0 Å². The SMILES string of the molecule is COC(=O)C1=C(C(=O)OC)C12c1ccccc1CCc1ccccc12. The van der Waals surface area contributed by atoms with E-state index in [2.05, 4.69) is 12.1 Å². The second-order valence-corrected chi connectivity index (χ2v) is 6.30. The Balaban J connectivity index is 2.04. The lowest BCUT2D eigenvalue weighted by molar-refractivity contribution is -0.137. The summed E-state index contributed by atoms with van der Waals surface area (Å²) in [4.78, 5) is 25.0. The van der Waals surface area contributed by atoms with Gasteiger partial charge in [0.15, 0.2) is 0 Å². The largest absolute Gasteiger partial charge is 0.466 e. The van der Waals surface area contributed by atoms with Crippen LogP contribution in [0.5, 0.6) is 0 Å². The van der Waals surface area contributed by atoms with E-state index >= 15 is 0 Å². The molecule has 2 aliphatic rings. The third-order valence-corrected chi connectivity index (χ3v) is 5.22. The number of esters is 2. The number of ether oxygens (including phenoxy) is 2. The highest BCUT2D eigenvalue weighted by Crippen LogP contribution is 2.62. The second kappa shape index (κ2) is 5.59. The Kier molecular flexibility index (Phi) is 3.49. The van der Waals surface area contributed by atoms with E-state index in [9.17, 15) is 9.59 Å². The molecular formula is C21H18O4. The molecule has 4 rings (SSSR count). The molecule has 4 heteroatoms. The van der Waals surface area contributed by atoms with Crippen molar-refractivity contribution < 1.29 is 19.1 Å².